The Bertz CT molecular complexity index is 433. The maximum atomic E-state index is 12.7. The highest BCUT2D eigenvalue weighted by atomic mass is 19.1. The van der Waals surface area contributed by atoms with Gasteiger partial charge in [-0.15, -0.1) is 0 Å². The SMILES string of the molecule is O=C1C=Cc2cc(F)ccc2C1=O. The van der Waals surface area contributed by atoms with Crippen molar-refractivity contribution in [1.29, 1.82) is 0 Å². The van der Waals surface area contributed by atoms with E-state index in [-0.39, 0.29) is 5.56 Å². The van der Waals surface area contributed by atoms with Gasteiger partial charge in [-0.2, -0.15) is 0 Å². The molecule has 13 heavy (non-hydrogen) atoms. The minimum atomic E-state index is -0.572. The number of Topliss-reactive ketones (excluding diaryl/α,β-unsaturated/α-hetero) is 1. The fraction of sp³-hybridized carbons (Fsp3) is 0. The number of benzene rings is 1. The largest absolute Gasteiger partial charge is 0.286 e. The molecule has 0 N–H and O–H groups in total. The van der Waals surface area contributed by atoms with Crippen LogP contribution in [-0.2, 0) is 4.79 Å². The van der Waals surface area contributed by atoms with E-state index < -0.39 is 17.4 Å². The van der Waals surface area contributed by atoms with E-state index in [0.29, 0.717) is 5.56 Å². The first-order valence-electron chi connectivity index (χ1n) is 3.75. The highest BCUT2D eigenvalue weighted by molar-refractivity contribution is 6.49. The number of rotatable bonds is 0. The second-order valence-electron chi connectivity index (χ2n) is 2.76. The monoisotopic (exact) mass is 176 g/mol. The van der Waals surface area contributed by atoms with E-state index in [4.69, 9.17) is 0 Å². The number of ketones is 2. The van der Waals surface area contributed by atoms with Gasteiger partial charge in [0.15, 0.2) is 0 Å². The molecular weight excluding hydrogens is 171 g/mol. The third kappa shape index (κ3) is 1.18. The number of hydrogen-bond donors (Lipinski definition) is 0. The van der Waals surface area contributed by atoms with Gasteiger partial charge >= 0.3 is 0 Å². The molecule has 0 amide bonds. The molecule has 1 aliphatic carbocycles. The minimum absolute atomic E-state index is 0.272. The van der Waals surface area contributed by atoms with E-state index in [1.54, 1.807) is 0 Å². The van der Waals surface area contributed by atoms with Crippen molar-refractivity contribution in [3.05, 3.63) is 41.2 Å². The van der Waals surface area contributed by atoms with Crippen LogP contribution in [0.5, 0.6) is 0 Å². The Morgan fingerprint density at radius 2 is 1.85 bits per heavy atom. The van der Waals surface area contributed by atoms with Crippen molar-refractivity contribution in [2.75, 3.05) is 0 Å². The van der Waals surface area contributed by atoms with Crippen molar-refractivity contribution >= 4 is 17.6 Å². The molecule has 1 aliphatic rings. The molecule has 1 aromatic rings. The summed E-state index contributed by atoms with van der Waals surface area (Å²) in [5.74, 6) is -1.54. The summed E-state index contributed by atoms with van der Waals surface area (Å²) >= 11 is 0. The summed E-state index contributed by atoms with van der Waals surface area (Å²) in [6, 6.07) is 3.73. The van der Waals surface area contributed by atoms with Crippen LogP contribution in [0.4, 0.5) is 4.39 Å². The Morgan fingerprint density at radius 3 is 2.62 bits per heavy atom. The molecule has 1 aromatic carbocycles. The predicted molar refractivity (Wildman–Crippen MR) is 44.8 cm³/mol. The maximum absolute atomic E-state index is 12.7. The van der Waals surface area contributed by atoms with Gasteiger partial charge in [-0.1, -0.05) is 6.08 Å². The van der Waals surface area contributed by atoms with Gasteiger partial charge in [0, 0.05) is 5.56 Å². The molecule has 64 valence electrons. The van der Waals surface area contributed by atoms with Crippen LogP contribution >= 0.6 is 0 Å². The lowest BCUT2D eigenvalue weighted by Crippen LogP contribution is -2.16. The van der Waals surface area contributed by atoms with Crippen molar-refractivity contribution in [3.8, 4) is 0 Å². The molecule has 0 atom stereocenters. The van der Waals surface area contributed by atoms with E-state index in [1.807, 2.05) is 0 Å². The van der Waals surface area contributed by atoms with Crippen LogP contribution in [0.2, 0.25) is 0 Å². The van der Waals surface area contributed by atoms with Gasteiger partial charge < -0.3 is 0 Å². The first-order valence-corrected chi connectivity index (χ1v) is 3.75. The molecule has 0 saturated carbocycles. The Hall–Kier alpha value is -1.77. The topological polar surface area (TPSA) is 34.1 Å². The number of halogens is 1. The first kappa shape index (κ1) is 7.86. The van der Waals surface area contributed by atoms with Gasteiger partial charge in [0.25, 0.3) is 0 Å². The van der Waals surface area contributed by atoms with E-state index in [2.05, 4.69) is 0 Å². The molecule has 0 unspecified atom stereocenters. The summed E-state index contributed by atoms with van der Waals surface area (Å²) in [5, 5.41) is 0. The molecule has 2 rings (SSSR count). The van der Waals surface area contributed by atoms with Crippen molar-refractivity contribution in [1.82, 2.24) is 0 Å². The minimum Gasteiger partial charge on any atom is -0.286 e. The third-order valence-electron chi connectivity index (χ3n) is 1.90. The summed E-state index contributed by atoms with van der Waals surface area (Å²) in [6.07, 6.45) is 2.60. The fourth-order valence-electron chi connectivity index (χ4n) is 1.25. The molecular formula is C10H5FO2. The maximum Gasteiger partial charge on any atom is 0.233 e. The molecule has 0 aliphatic heterocycles. The third-order valence-corrected chi connectivity index (χ3v) is 1.90. The van der Waals surface area contributed by atoms with Gasteiger partial charge in [0.1, 0.15) is 5.82 Å². The molecule has 0 radical (unpaired) electrons. The summed E-state index contributed by atoms with van der Waals surface area (Å²) in [6.45, 7) is 0. The Labute approximate surface area is 73.7 Å². The van der Waals surface area contributed by atoms with E-state index in [9.17, 15) is 14.0 Å². The smallest absolute Gasteiger partial charge is 0.233 e. The lowest BCUT2D eigenvalue weighted by Gasteiger charge is -2.07. The predicted octanol–water partition coefficient (Wildman–Crippen LogP) is 1.60. The van der Waals surface area contributed by atoms with E-state index in [0.717, 1.165) is 6.08 Å². The Morgan fingerprint density at radius 1 is 1.08 bits per heavy atom. The molecule has 3 heteroatoms. The molecule has 0 aromatic heterocycles. The second-order valence-corrected chi connectivity index (χ2v) is 2.76. The zero-order chi connectivity index (χ0) is 9.42. The standard InChI is InChI=1S/C10H5FO2/c11-7-2-3-8-6(5-7)1-4-9(12)10(8)13/h1-5H. The quantitative estimate of drug-likeness (QED) is 0.562. The summed E-state index contributed by atoms with van der Waals surface area (Å²) in [4.78, 5) is 22.1. The second kappa shape index (κ2) is 2.62. The fourth-order valence-corrected chi connectivity index (χ4v) is 1.25. The lowest BCUT2D eigenvalue weighted by molar-refractivity contribution is -0.110. The van der Waals surface area contributed by atoms with Gasteiger partial charge in [0.05, 0.1) is 0 Å². The van der Waals surface area contributed by atoms with E-state index in [1.165, 1.54) is 24.3 Å². The molecule has 0 fully saturated rings. The highest BCUT2D eigenvalue weighted by Gasteiger charge is 2.20. The molecule has 2 nitrogen and oxygen atoms in total. The first-order chi connectivity index (χ1) is 6.18. The highest BCUT2D eigenvalue weighted by Crippen LogP contribution is 2.18. The summed E-state index contributed by atoms with van der Waals surface area (Å²) in [7, 11) is 0. The summed E-state index contributed by atoms with van der Waals surface area (Å²) < 4.78 is 12.7. The molecule has 0 saturated heterocycles. The number of carbonyl (C=O) groups is 2. The van der Waals surface area contributed by atoms with Gasteiger partial charge in [0.2, 0.25) is 11.6 Å². The van der Waals surface area contributed by atoms with Crippen LogP contribution in [0.3, 0.4) is 0 Å². The number of hydrogen-bond acceptors (Lipinski definition) is 2. The number of allylic oxidation sites excluding steroid dienone is 1. The Balaban J connectivity index is 2.66. The van der Waals surface area contributed by atoms with Crippen molar-refractivity contribution in [3.63, 3.8) is 0 Å². The summed E-state index contributed by atoms with van der Waals surface area (Å²) in [5.41, 5.74) is 0.735. The Kier molecular flexibility index (Phi) is 1.59. The van der Waals surface area contributed by atoms with Crippen LogP contribution in [0.1, 0.15) is 15.9 Å². The number of fused-ring (bicyclic) bond motifs is 1. The average molecular weight is 176 g/mol. The zero-order valence-corrected chi connectivity index (χ0v) is 6.58. The average Bonchev–Trinajstić information content (AvgIpc) is 2.12. The van der Waals surface area contributed by atoms with Gasteiger partial charge in [-0.05, 0) is 29.8 Å². The lowest BCUT2D eigenvalue weighted by atomic mass is 9.95. The van der Waals surface area contributed by atoms with Crippen LogP contribution in [-0.4, -0.2) is 11.6 Å². The van der Waals surface area contributed by atoms with Crippen LogP contribution < -0.4 is 0 Å². The van der Waals surface area contributed by atoms with Crippen LogP contribution in [0.15, 0.2) is 24.3 Å². The molecule has 0 spiro atoms. The van der Waals surface area contributed by atoms with Crippen LogP contribution in [0, 0.1) is 5.82 Å². The molecule has 0 heterocycles. The van der Waals surface area contributed by atoms with E-state index >= 15 is 0 Å². The van der Waals surface area contributed by atoms with Crippen molar-refractivity contribution in [2.45, 2.75) is 0 Å². The van der Waals surface area contributed by atoms with Gasteiger partial charge in [-0.3, -0.25) is 9.59 Å². The van der Waals surface area contributed by atoms with Crippen LogP contribution in [0.25, 0.3) is 6.08 Å². The number of carbonyl (C=O) groups excluding carboxylic acids is 2. The van der Waals surface area contributed by atoms with Crippen molar-refractivity contribution in [2.24, 2.45) is 0 Å². The zero-order valence-electron chi connectivity index (χ0n) is 6.58. The van der Waals surface area contributed by atoms with Gasteiger partial charge in [-0.25, -0.2) is 4.39 Å². The normalized spacial score (nSPS) is 14.5. The molecule has 0 bridgehead atoms. The van der Waals surface area contributed by atoms with Crippen molar-refractivity contribution < 1.29 is 14.0 Å².